The number of aryl methyl sites for hydroxylation is 2. The van der Waals surface area contributed by atoms with E-state index in [9.17, 15) is 9.59 Å². The molecule has 0 saturated heterocycles. The first-order valence-corrected chi connectivity index (χ1v) is 8.44. The lowest BCUT2D eigenvalue weighted by Gasteiger charge is -2.10. The summed E-state index contributed by atoms with van der Waals surface area (Å²) in [7, 11) is 0. The number of hydrogen-bond donors (Lipinski definition) is 1. The molecule has 0 spiro atoms. The van der Waals surface area contributed by atoms with Crippen molar-refractivity contribution in [2.75, 3.05) is 5.32 Å². The zero-order valence-corrected chi connectivity index (χ0v) is 14.3. The van der Waals surface area contributed by atoms with Gasteiger partial charge in [-0.3, -0.25) is 14.2 Å². The van der Waals surface area contributed by atoms with Crippen LogP contribution in [-0.2, 0) is 17.9 Å². The van der Waals surface area contributed by atoms with E-state index in [-0.39, 0.29) is 17.3 Å². The summed E-state index contributed by atoms with van der Waals surface area (Å²) in [5.41, 5.74) is 2.71. The number of aromatic nitrogens is 3. The minimum atomic E-state index is -0.243. The van der Waals surface area contributed by atoms with Crippen molar-refractivity contribution in [3.8, 4) is 0 Å². The first kappa shape index (κ1) is 16.2. The zero-order chi connectivity index (χ0) is 17.1. The maximum Gasteiger partial charge on any atom is 0.307 e. The van der Waals surface area contributed by atoms with Crippen LogP contribution in [0, 0.1) is 13.8 Å². The second-order valence-corrected chi connectivity index (χ2v) is 6.41. The highest BCUT2D eigenvalue weighted by molar-refractivity contribution is 7.07. The Morgan fingerprint density at radius 2 is 2.00 bits per heavy atom. The van der Waals surface area contributed by atoms with Gasteiger partial charge < -0.3 is 5.32 Å². The summed E-state index contributed by atoms with van der Waals surface area (Å²) < 4.78 is 3.22. The number of thiazole rings is 1. The van der Waals surface area contributed by atoms with Crippen LogP contribution in [0.2, 0.25) is 0 Å². The topological polar surface area (TPSA) is 68.9 Å². The standard InChI is InChI=1S/C17H18N4O2S/c1-12-8-15(21(19-12)9-14-6-4-3-5-7-14)18-16(22)10-20-13(2)11-24-17(20)23/h3-8,11H,9-10H2,1-2H3,(H,18,22). The number of rotatable bonds is 5. The van der Waals surface area contributed by atoms with E-state index in [1.54, 1.807) is 10.1 Å². The van der Waals surface area contributed by atoms with Crippen molar-refractivity contribution in [1.29, 1.82) is 0 Å². The summed E-state index contributed by atoms with van der Waals surface area (Å²) in [6.07, 6.45) is 0. The molecule has 2 aromatic heterocycles. The molecule has 0 fully saturated rings. The molecule has 0 unspecified atom stereocenters. The van der Waals surface area contributed by atoms with E-state index in [1.807, 2.05) is 50.2 Å². The molecule has 0 aliphatic heterocycles. The van der Waals surface area contributed by atoms with Gasteiger partial charge in [-0.1, -0.05) is 41.7 Å². The first-order chi connectivity index (χ1) is 11.5. The number of benzene rings is 1. The first-order valence-electron chi connectivity index (χ1n) is 7.56. The molecule has 2 heterocycles. The van der Waals surface area contributed by atoms with Gasteiger partial charge in [0.05, 0.1) is 12.2 Å². The molecule has 0 radical (unpaired) electrons. The maximum atomic E-state index is 12.3. The van der Waals surface area contributed by atoms with Gasteiger partial charge in [0.1, 0.15) is 12.4 Å². The van der Waals surface area contributed by atoms with Crippen molar-refractivity contribution in [3.05, 3.63) is 68.4 Å². The smallest absolute Gasteiger partial charge is 0.307 e. The summed E-state index contributed by atoms with van der Waals surface area (Å²) in [6.45, 7) is 4.27. The van der Waals surface area contributed by atoms with Gasteiger partial charge in [-0.2, -0.15) is 5.10 Å². The molecule has 0 aliphatic rings. The summed E-state index contributed by atoms with van der Waals surface area (Å²) >= 11 is 1.10. The summed E-state index contributed by atoms with van der Waals surface area (Å²) in [5.74, 6) is 0.384. The van der Waals surface area contributed by atoms with Crippen LogP contribution >= 0.6 is 11.3 Å². The Morgan fingerprint density at radius 3 is 2.67 bits per heavy atom. The summed E-state index contributed by atoms with van der Waals surface area (Å²) in [5, 5.41) is 9.03. The van der Waals surface area contributed by atoms with Crippen LogP contribution in [0.5, 0.6) is 0 Å². The SMILES string of the molecule is Cc1cc(NC(=O)Cn2c(C)csc2=O)n(Cc2ccccc2)n1. The minimum absolute atomic E-state index is 0.00370. The third kappa shape index (κ3) is 3.62. The Balaban J connectivity index is 1.75. The highest BCUT2D eigenvalue weighted by Gasteiger charge is 2.12. The Hall–Kier alpha value is -2.67. The zero-order valence-electron chi connectivity index (χ0n) is 13.5. The molecule has 0 atom stereocenters. The number of amides is 1. The lowest BCUT2D eigenvalue weighted by Crippen LogP contribution is -2.26. The normalized spacial score (nSPS) is 10.8. The van der Waals surface area contributed by atoms with E-state index in [1.165, 1.54) is 4.57 Å². The molecule has 3 aromatic rings. The van der Waals surface area contributed by atoms with E-state index in [2.05, 4.69) is 10.4 Å². The number of carbonyl (C=O) groups is 1. The number of anilines is 1. The van der Waals surface area contributed by atoms with Crippen molar-refractivity contribution in [2.45, 2.75) is 26.9 Å². The van der Waals surface area contributed by atoms with Gasteiger partial charge in [0.25, 0.3) is 0 Å². The van der Waals surface area contributed by atoms with Crippen LogP contribution in [0.4, 0.5) is 5.82 Å². The van der Waals surface area contributed by atoms with E-state index in [0.29, 0.717) is 12.4 Å². The van der Waals surface area contributed by atoms with E-state index in [4.69, 9.17) is 0 Å². The number of carbonyl (C=O) groups excluding carboxylic acids is 1. The van der Waals surface area contributed by atoms with Gasteiger partial charge >= 0.3 is 4.87 Å². The molecule has 0 aliphatic carbocycles. The Morgan fingerprint density at radius 1 is 1.25 bits per heavy atom. The molecule has 7 heteroatoms. The Bertz CT molecular complexity index is 908. The van der Waals surface area contributed by atoms with E-state index < -0.39 is 0 Å². The summed E-state index contributed by atoms with van der Waals surface area (Å²) in [4.78, 5) is 23.9. The van der Waals surface area contributed by atoms with E-state index in [0.717, 1.165) is 28.3 Å². The van der Waals surface area contributed by atoms with Crippen molar-refractivity contribution in [1.82, 2.24) is 14.3 Å². The molecule has 1 aromatic carbocycles. The fourth-order valence-electron chi connectivity index (χ4n) is 2.45. The molecular formula is C17H18N4O2S. The highest BCUT2D eigenvalue weighted by atomic mass is 32.1. The largest absolute Gasteiger partial charge is 0.309 e. The third-order valence-electron chi connectivity index (χ3n) is 3.62. The van der Waals surface area contributed by atoms with Crippen molar-refractivity contribution in [3.63, 3.8) is 0 Å². The molecule has 3 rings (SSSR count). The van der Waals surface area contributed by atoms with Gasteiger partial charge in [-0.25, -0.2) is 4.68 Å². The Kier molecular flexibility index (Phi) is 4.61. The van der Waals surface area contributed by atoms with Gasteiger partial charge in [0.2, 0.25) is 5.91 Å². The lowest BCUT2D eigenvalue weighted by atomic mass is 10.2. The summed E-state index contributed by atoms with van der Waals surface area (Å²) in [6, 6.07) is 11.7. The molecule has 6 nitrogen and oxygen atoms in total. The maximum absolute atomic E-state index is 12.3. The molecule has 0 bridgehead atoms. The van der Waals surface area contributed by atoms with Crippen LogP contribution in [-0.4, -0.2) is 20.3 Å². The van der Waals surface area contributed by atoms with Crippen LogP contribution in [0.3, 0.4) is 0 Å². The second kappa shape index (κ2) is 6.84. The van der Waals surface area contributed by atoms with Gasteiger partial charge in [0, 0.05) is 17.1 Å². The predicted molar refractivity (Wildman–Crippen MR) is 94.5 cm³/mol. The number of hydrogen-bond acceptors (Lipinski definition) is 4. The van der Waals surface area contributed by atoms with E-state index >= 15 is 0 Å². The number of nitrogens with zero attached hydrogens (tertiary/aromatic N) is 3. The van der Waals surface area contributed by atoms with Gasteiger partial charge in [0.15, 0.2) is 0 Å². The van der Waals surface area contributed by atoms with Crippen molar-refractivity contribution >= 4 is 23.1 Å². The third-order valence-corrected chi connectivity index (χ3v) is 4.50. The molecule has 124 valence electrons. The molecule has 24 heavy (non-hydrogen) atoms. The fraction of sp³-hybridized carbons (Fsp3) is 0.235. The molecule has 1 amide bonds. The van der Waals surface area contributed by atoms with Crippen LogP contribution in [0.25, 0.3) is 0 Å². The number of nitrogens with one attached hydrogen (secondary N) is 1. The molecular weight excluding hydrogens is 324 g/mol. The lowest BCUT2D eigenvalue weighted by molar-refractivity contribution is -0.116. The van der Waals surface area contributed by atoms with Crippen LogP contribution in [0.15, 0.2) is 46.6 Å². The quantitative estimate of drug-likeness (QED) is 0.774. The van der Waals surface area contributed by atoms with Crippen LogP contribution < -0.4 is 10.2 Å². The van der Waals surface area contributed by atoms with Crippen LogP contribution in [0.1, 0.15) is 17.0 Å². The Labute approximate surface area is 143 Å². The second-order valence-electron chi connectivity index (χ2n) is 5.59. The average molecular weight is 342 g/mol. The van der Waals surface area contributed by atoms with Crippen molar-refractivity contribution < 1.29 is 4.79 Å². The molecule has 0 saturated carbocycles. The predicted octanol–water partition coefficient (Wildman–Crippen LogP) is 2.41. The molecule has 1 N–H and O–H groups in total. The minimum Gasteiger partial charge on any atom is -0.309 e. The van der Waals surface area contributed by atoms with Gasteiger partial charge in [-0.15, -0.1) is 0 Å². The highest BCUT2D eigenvalue weighted by Crippen LogP contribution is 2.13. The average Bonchev–Trinajstić information content (AvgIpc) is 3.05. The fourth-order valence-corrected chi connectivity index (χ4v) is 3.18. The van der Waals surface area contributed by atoms with Crippen molar-refractivity contribution in [2.24, 2.45) is 0 Å². The monoisotopic (exact) mass is 342 g/mol. The van der Waals surface area contributed by atoms with Gasteiger partial charge in [-0.05, 0) is 19.4 Å².